The number of para-hydroxylation sites is 1. The molecule has 0 unspecified atom stereocenters. The van der Waals surface area contributed by atoms with Crippen molar-refractivity contribution in [1.82, 2.24) is 0 Å². The molecule has 0 spiro atoms. The van der Waals surface area contributed by atoms with Crippen molar-refractivity contribution in [2.45, 2.75) is 31.3 Å². The lowest BCUT2D eigenvalue weighted by Crippen LogP contribution is -2.37. The summed E-state index contributed by atoms with van der Waals surface area (Å²) in [6, 6.07) is 9.66. The van der Waals surface area contributed by atoms with Crippen LogP contribution in [-0.2, 0) is 21.0 Å². The monoisotopic (exact) mass is 371 g/mol. The van der Waals surface area contributed by atoms with Crippen molar-refractivity contribution in [1.29, 1.82) is 0 Å². The fraction of sp³-hybridized carbons (Fsp3) is 0.235. The summed E-state index contributed by atoms with van der Waals surface area (Å²) in [5.74, 6) is -0.947. The highest BCUT2D eigenvalue weighted by molar-refractivity contribution is 7.93. The average molecular weight is 371 g/mol. The predicted octanol–water partition coefficient (Wildman–Crippen LogP) is 4.15. The van der Waals surface area contributed by atoms with Gasteiger partial charge in [0.25, 0.3) is 10.0 Å². The molecule has 0 saturated carbocycles. The molecule has 0 heterocycles. The molecular formula is C17H16F3NO3S. The number of hydrogen-bond donors (Lipinski definition) is 0. The Kier molecular flexibility index (Phi) is 5.22. The van der Waals surface area contributed by atoms with Crippen molar-refractivity contribution in [2.75, 3.05) is 4.31 Å². The van der Waals surface area contributed by atoms with Crippen molar-refractivity contribution in [3.63, 3.8) is 0 Å². The van der Waals surface area contributed by atoms with Gasteiger partial charge in [-0.05, 0) is 31.2 Å². The summed E-state index contributed by atoms with van der Waals surface area (Å²) in [7, 11) is -4.48. The molecule has 8 heteroatoms. The molecule has 1 amide bonds. The minimum Gasteiger partial charge on any atom is -0.273 e. The molecule has 2 aromatic rings. The Bertz CT molecular complexity index is 875. The number of amides is 1. The second-order valence-corrected chi connectivity index (χ2v) is 7.13. The largest absolute Gasteiger partial charge is 0.418 e. The van der Waals surface area contributed by atoms with Crippen LogP contribution in [0.1, 0.15) is 24.5 Å². The molecule has 134 valence electrons. The zero-order valence-electron chi connectivity index (χ0n) is 13.5. The van der Waals surface area contributed by atoms with Crippen LogP contribution in [0, 0.1) is 6.92 Å². The molecule has 0 atom stereocenters. The molecule has 0 aliphatic heterocycles. The molecule has 0 bridgehead atoms. The normalized spacial score (nSPS) is 12.0. The maximum absolute atomic E-state index is 13.3. The quantitative estimate of drug-likeness (QED) is 0.811. The third-order valence-corrected chi connectivity index (χ3v) is 5.27. The first-order valence-electron chi connectivity index (χ1n) is 7.40. The highest BCUT2D eigenvalue weighted by Crippen LogP contribution is 2.38. The summed E-state index contributed by atoms with van der Waals surface area (Å²) < 4.78 is 65.8. The molecule has 0 saturated heterocycles. The second-order valence-electron chi connectivity index (χ2n) is 5.34. The fourth-order valence-electron chi connectivity index (χ4n) is 2.25. The number of carbonyl (C=O) groups excluding carboxylic acids is 1. The van der Waals surface area contributed by atoms with E-state index in [2.05, 4.69) is 0 Å². The van der Waals surface area contributed by atoms with E-state index in [4.69, 9.17) is 0 Å². The van der Waals surface area contributed by atoms with Gasteiger partial charge in [0.1, 0.15) is 0 Å². The first-order chi connectivity index (χ1) is 11.6. The fourth-order valence-corrected chi connectivity index (χ4v) is 3.75. The van der Waals surface area contributed by atoms with Gasteiger partial charge in [0.2, 0.25) is 5.91 Å². The topological polar surface area (TPSA) is 54.5 Å². The van der Waals surface area contributed by atoms with Gasteiger partial charge in [0.15, 0.2) is 0 Å². The number of carbonyl (C=O) groups is 1. The Labute approximate surface area is 143 Å². The van der Waals surface area contributed by atoms with Crippen LogP contribution >= 0.6 is 0 Å². The standard InChI is InChI=1S/C17H16F3NO3S/c1-3-16(22)21(15-7-5-4-6-14(15)17(18,19)20)25(23,24)13-10-8-12(2)9-11-13/h4-11H,3H2,1-2H3. The number of sulfonamides is 1. The molecule has 0 radical (unpaired) electrons. The SMILES string of the molecule is CCC(=O)N(c1ccccc1C(F)(F)F)S(=O)(=O)c1ccc(C)cc1. The molecule has 25 heavy (non-hydrogen) atoms. The summed E-state index contributed by atoms with van der Waals surface area (Å²) >= 11 is 0. The first-order valence-corrected chi connectivity index (χ1v) is 8.84. The van der Waals surface area contributed by atoms with Gasteiger partial charge in [0.05, 0.1) is 16.1 Å². The lowest BCUT2D eigenvalue weighted by molar-refractivity contribution is -0.137. The third kappa shape index (κ3) is 3.84. The molecule has 0 aliphatic rings. The van der Waals surface area contributed by atoms with Crippen molar-refractivity contribution >= 4 is 21.6 Å². The summed E-state index contributed by atoms with van der Waals surface area (Å²) in [5.41, 5.74) is -1.11. The van der Waals surface area contributed by atoms with Crippen molar-refractivity contribution in [2.24, 2.45) is 0 Å². The first kappa shape index (κ1) is 19.0. The predicted molar refractivity (Wildman–Crippen MR) is 87.6 cm³/mol. The van der Waals surface area contributed by atoms with E-state index in [1.165, 1.54) is 37.3 Å². The third-order valence-electron chi connectivity index (χ3n) is 3.52. The Morgan fingerprint density at radius 3 is 2.12 bits per heavy atom. The molecule has 0 fully saturated rings. The number of aryl methyl sites for hydroxylation is 1. The second kappa shape index (κ2) is 6.87. The van der Waals surface area contributed by atoms with Crippen LogP contribution in [0.3, 0.4) is 0 Å². The van der Waals surface area contributed by atoms with E-state index in [1.54, 1.807) is 6.92 Å². The summed E-state index contributed by atoms with van der Waals surface area (Å²) in [6.45, 7) is 3.13. The molecule has 0 aromatic heterocycles. The highest BCUT2D eigenvalue weighted by atomic mass is 32.2. The van der Waals surface area contributed by atoms with Crippen molar-refractivity contribution in [3.8, 4) is 0 Å². The van der Waals surface area contributed by atoms with E-state index in [0.717, 1.165) is 23.8 Å². The van der Waals surface area contributed by atoms with Gasteiger partial charge in [-0.1, -0.05) is 36.8 Å². The number of anilines is 1. The number of rotatable bonds is 4. The van der Waals surface area contributed by atoms with Gasteiger partial charge >= 0.3 is 6.18 Å². The number of nitrogens with zero attached hydrogens (tertiary/aromatic N) is 1. The van der Waals surface area contributed by atoms with Crippen LogP contribution in [-0.4, -0.2) is 14.3 Å². The number of halogens is 3. The smallest absolute Gasteiger partial charge is 0.273 e. The minimum atomic E-state index is -4.80. The number of alkyl halides is 3. The van der Waals surface area contributed by atoms with Crippen LogP contribution in [0.15, 0.2) is 53.4 Å². The molecule has 2 aromatic carbocycles. The zero-order valence-corrected chi connectivity index (χ0v) is 14.4. The van der Waals surface area contributed by atoms with Crippen LogP contribution in [0.2, 0.25) is 0 Å². The molecule has 0 N–H and O–H groups in total. The maximum Gasteiger partial charge on any atom is 0.418 e. The Balaban J connectivity index is 2.71. The highest BCUT2D eigenvalue weighted by Gasteiger charge is 2.39. The minimum absolute atomic E-state index is 0.237. The Morgan fingerprint density at radius 2 is 1.60 bits per heavy atom. The van der Waals surface area contributed by atoms with E-state index in [-0.39, 0.29) is 15.6 Å². The van der Waals surface area contributed by atoms with Crippen LogP contribution < -0.4 is 4.31 Å². The zero-order chi connectivity index (χ0) is 18.8. The van der Waals surface area contributed by atoms with Gasteiger partial charge in [-0.3, -0.25) is 4.79 Å². The Hall–Kier alpha value is -2.35. The molecule has 4 nitrogen and oxygen atoms in total. The number of hydrogen-bond acceptors (Lipinski definition) is 3. The van der Waals surface area contributed by atoms with Crippen LogP contribution in [0.5, 0.6) is 0 Å². The lowest BCUT2D eigenvalue weighted by atomic mass is 10.1. The van der Waals surface area contributed by atoms with Crippen LogP contribution in [0.4, 0.5) is 18.9 Å². The lowest BCUT2D eigenvalue weighted by Gasteiger charge is -2.25. The van der Waals surface area contributed by atoms with Crippen molar-refractivity contribution < 1.29 is 26.4 Å². The summed E-state index contributed by atoms with van der Waals surface area (Å²) in [5, 5.41) is 0. The van der Waals surface area contributed by atoms with E-state index in [1.807, 2.05) is 0 Å². The van der Waals surface area contributed by atoms with Crippen molar-refractivity contribution in [3.05, 3.63) is 59.7 Å². The molecule has 2 rings (SSSR count). The van der Waals surface area contributed by atoms with Crippen LogP contribution in [0.25, 0.3) is 0 Å². The van der Waals surface area contributed by atoms with E-state index < -0.39 is 33.4 Å². The Morgan fingerprint density at radius 1 is 1.04 bits per heavy atom. The van der Waals surface area contributed by atoms with E-state index >= 15 is 0 Å². The summed E-state index contributed by atoms with van der Waals surface area (Å²) in [6.07, 6.45) is -5.07. The van der Waals surface area contributed by atoms with Gasteiger partial charge in [-0.25, -0.2) is 12.7 Å². The maximum atomic E-state index is 13.3. The average Bonchev–Trinajstić information content (AvgIpc) is 2.54. The van der Waals surface area contributed by atoms with Gasteiger partial charge in [-0.2, -0.15) is 13.2 Å². The van der Waals surface area contributed by atoms with E-state index in [9.17, 15) is 26.4 Å². The molecular weight excluding hydrogens is 355 g/mol. The van der Waals surface area contributed by atoms with Gasteiger partial charge < -0.3 is 0 Å². The molecule has 0 aliphatic carbocycles. The van der Waals surface area contributed by atoms with E-state index in [0.29, 0.717) is 0 Å². The number of benzene rings is 2. The van der Waals surface area contributed by atoms with Gasteiger partial charge in [-0.15, -0.1) is 0 Å². The van der Waals surface area contributed by atoms with Gasteiger partial charge in [0, 0.05) is 6.42 Å². The summed E-state index contributed by atoms with van der Waals surface area (Å²) in [4.78, 5) is 12.0.